The maximum Gasteiger partial charge on any atom is 0.236 e. The Balaban J connectivity index is 2.75. The van der Waals surface area contributed by atoms with E-state index in [9.17, 15) is 9.59 Å². The minimum absolute atomic E-state index is 0.0244. The van der Waals surface area contributed by atoms with Crippen LogP contribution in [0.5, 0.6) is 0 Å². The van der Waals surface area contributed by atoms with Crippen molar-refractivity contribution >= 4 is 11.7 Å². The van der Waals surface area contributed by atoms with Crippen molar-refractivity contribution in [2.45, 2.75) is 27.2 Å². The summed E-state index contributed by atoms with van der Waals surface area (Å²) >= 11 is 0. The summed E-state index contributed by atoms with van der Waals surface area (Å²) in [5, 5.41) is 0. The first-order valence-corrected chi connectivity index (χ1v) is 7.38. The predicted octanol–water partition coefficient (Wildman–Crippen LogP) is 2.29. The number of carbonyl (C=O) groups excluding carboxylic acids is 2. The molecule has 21 heavy (non-hydrogen) atoms. The van der Waals surface area contributed by atoms with Crippen LogP contribution in [0.4, 0.5) is 0 Å². The van der Waals surface area contributed by atoms with E-state index in [0.717, 1.165) is 24.1 Å². The largest absolute Gasteiger partial charge is 0.348 e. The first-order valence-electron chi connectivity index (χ1n) is 7.38. The molecule has 0 spiro atoms. The third-order valence-corrected chi connectivity index (χ3v) is 3.59. The number of aryl methyl sites for hydroxylation is 2. The zero-order chi connectivity index (χ0) is 16.0. The lowest BCUT2D eigenvalue weighted by molar-refractivity contribution is -0.129. The maximum atomic E-state index is 12.4. The lowest BCUT2D eigenvalue weighted by Gasteiger charge is -2.22. The van der Waals surface area contributed by atoms with E-state index in [4.69, 9.17) is 0 Å². The van der Waals surface area contributed by atoms with Gasteiger partial charge in [0.05, 0.1) is 13.1 Å². The molecule has 0 aromatic heterocycles. The molecule has 0 saturated heterocycles. The van der Waals surface area contributed by atoms with Crippen molar-refractivity contribution in [2.24, 2.45) is 0 Å². The molecule has 0 aliphatic carbocycles. The Morgan fingerprint density at radius 3 is 2.24 bits per heavy atom. The van der Waals surface area contributed by atoms with Gasteiger partial charge in [0.1, 0.15) is 0 Å². The first kappa shape index (κ1) is 17.4. The van der Waals surface area contributed by atoms with Crippen LogP contribution >= 0.6 is 0 Å². The van der Waals surface area contributed by atoms with Crippen LogP contribution in [0.15, 0.2) is 18.2 Å². The Hall–Kier alpha value is -1.68. The number of amides is 1. The second-order valence-corrected chi connectivity index (χ2v) is 5.72. The lowest BCUT2D eigenvalue weighted by Crippen LogP contribution is -2.39. The summed E-state index contributed by atoms with van der Waals surface area (Å²) in [7, 11) is 3.47. The van der Waals surface area contributed by atoms with Crippen LogP contribution in [-0.4, -0.2) is 55.2 Å². The molecule has 0 radical (unpaired) electrons. The topological polar surface area (TPSA) is 40.6 Å². The van der Waals surface area contributed by atoms with Gasteiger partial charge < -0.3 is 4.90 Å². The molecule has 4 heteroatoms. The lowest BCUT2D eigenvalue weighted by atomic mass is 10.0. The number of Topliss-reactive ketones (excluding diaryl/α,β-unsaturated/α-hetero) is 1. The minimum Gasteiger partial charge on any atom is -0.348 e. The highest BCUT2D eigenvalue weighted by atomic mass is 16.2. The summed E-state index contributed by atoms with van der Waals surface area (Å²) in [4.78, 5) is 27.7. The van der Waals surface area contributed by atoms with Crippen LogP contribution in [0.3, 0.4) is 0 Å². The Bertz CT molecular complexity index is 510. The Labute approximate surface area is 127 Å². The van der Waals surface area contributed by atoms with E-state index < -0.39 is 0 Å². The van der Waals surface area contributed by atoms with Gasteiger partial charge in [-0.2, -0.15) is 0 Å². The van der Waals surface area contributed by atoms with Crippen LogP contribution in [0.2, 0.25) is 0 Å². The van der Waals surface area contributed by atoms with Crippen LogP contribution in [0.1, 0.15) is 34.8 Å². The van der Waals surface area contributed by atoms with E-state index in [1.54, 1.807) is 19.0 Å². The number of likely N-dealkylation sites (N-methyl/N-ethyl adjacent to an activating group) is 1. The Morgan fingerprint density at radius 1 is 1.05 bits per heavy atom. The fourth-order valence-electron chi connectivity index (χ4n) is 2.07. The molecule has 0 atom stereocenters. The maximum absolute atomic E-state index is 12.4. The second kappa shape index (κ2) is 7.93. The molecule has 0 aliphatic heterocycles. The SMILES string of the molecule is CCCN(CC(=O)c1ccc(C)c(C)c1)CC(=O)N(C)C. The molecule has 0 unspecified atom stereocenters. The number of rotatable bonds is 7. The average Bonchev–Trinajstić information content (AvgIpc) is 2.41. The third kappa shape index (κ3) is 5.31. The van der Waals surface area contributed by atoms with E-state index in [-0.39, 0.29) is 24.8 Å². The standard InChI is InChI=1S/C17H26N2O2/c1-6-9-19(12-17(21)18(4)5)11-16(20)15-8-7-13(2)14(3)10-15/h7-8,10H,6,9,11-12H2,1-5H3. The molecule has 4 nitrogen and oxygen atoms in total. The van der Waals surface area contributed by atoms with Crippen molar-refractivity contribution in [1.29, 1.82) is 0 Å². The molecule has 0 N–H and O–H groups in total. The van der Waals surface area contributed by atoms with Gasteiger partial charge in [-0.1, -0.05) is 19.1 Å². The van der Waals surface area contributed by atoms with Gasteiger partial charge in [-0.15, -0.1) is 0 Å². The summed E-state index contributed by atoms with van der Waals surface area (Å²) in [5.41, 5.74) is 3.02. The molecule has 0 heterocycles. The monoisotopic (exact) mass is 290 g/mol. The van der Waals surface area contributed by atoms with Gasteiger partial charge in [0.2, 0.25) is 5.91 Å². The fraction of sp³-hybridized carbons (Fsp3) is 0.529. The van der Waals surface area contributed by atoms with Gasteiger partial charge >= 0.3 is 0 Å². The van der Waals surface area contributed by atoms with Crippen molar-refractivity contribution in [3.8, 4) is 0 Å². The quantitative estimate of drug-likeness (QED) is 0.723. The highest BCUT2D eigenvalue weighted by Crippen LogP contribution is 2.11. The molecule has 1 amide bonds. The molecule has 0 bridgehead atoms. The van der Waals surface area contributed by atoms with Crippen molar-refractivity contribution in [2.75, 3.05) is 33.7 Å². The number of hydrogen-bond donors (Lipinski definition) is 0. The summed E-state index contributed by atoms with van der Waals surface area (Å²) < 4.78 is 0. The van der Waals surface area contributed by atoms with Crippen molar-refractivity contribution in [1.82, 2.24) is 9.80 Å². The molecule has 0 aliphatic rings. The highest BCUT2D eigenvalue weighted by Gasteiger charge is 2.16. The molecule has 116 valence electrons. The van der Waals surface area contributed by atoms with Crippen molar-refractivity contribution in [3.05, 3.63) is 34.9 Å². The summed E-state index contributed by atoms with van der Waals surface area (Å²) in [6, 6.07) is 5.76. The highest BCUT2D eigenvalue weighted by molar-refractivity contribution is 5.98. The Kier molecular flexibility index (Phi) is 6.56. The summed E-state index contributed by atoms with van der Waals surface area (Å²) in [5.74, 6) is 0.0921. The third-order valence-electron chi connectivity index (χ3n) is 3.59. The summed E-state index contributed by atoms with van der Waals surface area (Å²) in [6.07, 6.45) is 0.918. The van der Waals surface area contributed by atoms with E-state index >= 15 is 0 Å². The van der Waals surface area contributed by atoms with Crippen molar-refractivity contribution < 1.29 is 9.59 Å². The molecular weight excluding hydrogens is 264 g/mol. The molecular formula is C17H26N2O2. The fourth-order valence-corrected chi connectivity index (χ4v) is 2.07. The average molecular weight is 290 g/mol. The van der Waals surface area contributed by atoms with Gasteiger partial charge in [0.15, 0.2) is 5.78 Å². The van der Waals surface area contributed by atoms with Gasteiger partial charge in [-0.25, -0.2) is 0 Å². The molecule has 1 aromatic rings. The molecule has 0 fully saturated rings. The minimum atomic E-state index is 0.0244. The van der Waals surface area contributed by atoms with Gasteiger partial charge in [-0.05, 0) is 44.0 Å². The zero-order valence-corrected chi connectivity index (χ0v) is 13.8. The van der Waals surface area contributed by atoms with E-state index in [1.165, 1.54) is 5.56 Å². The van der Waals surface area contributed by atoms with Crippen molar-refractivity contribution in [3.63, 3.8) is 0 Å². The molecule has 1 aromatic carbocycles. The van der Waals surface area contributed by atoms with E-state index in [2.05, 4.69) is 0 Å². The number of hydrogen-bond acceptors (Lipinski definition) is 3. The number of carbonyl (C=O) groups is 2. The van der Waals surface area contributed by atoms with Gasteiger partial charge in [0.25, 0.3) is 0 Å². The molecule has 0 saturated carbocycles. The van der Waals surface area contributed by atoms with Crippen LogP contribution < -0.4 is 0 Å². The number of benzene rings is 1. The molecule has 1 rings (SSSR count). The zero-order valence-electron chi connectivity index (χ0n) is 13.8. The van der Waals surface area contributed by atoms with E-state index in [1.807, 2.05) is 43.9 Å². The normalized spacial score (nSPS) is 10.8. The Morgan fingerprint density at radius 2 is 1.71 bits per heavy atom. The first-order chi connectivity index (χ1) is 9.85. The van der Waals surface area contributed by atoms with Crippen LogP contribution in [-0.2, 0) is 4.79 Å². The van der Waals surface area contributed by atoms with Crippen LogP contribution in [0.25, 0.3) is 0 Å². The van der Waals surface area contributed by atoms with E-state index in [0.29, 0.717) is 0 Å². The summed E-state index contributed by atoms with van der Waals surface area (Å²) in [6.45, 7) is 7.41. The number of nitrogens with zero attached hydrogens (tertiary/aromatic N) is 2. The van der Waals surface area contributed by atoms with Crippen LogP contribution in [0, 0.1) is 13.8 Å². The second-order valence-electron chi connectivity index (χ2n) is 5.72. The predicted molar refractivity (Wildman–Crippen MR) is 85.7 cm³/mol. The van der Waals surface area contributed by atoms with Gasteiger partial charge in [0, 0.05) is 19.7 Å². The smallest absolute Gasteiger partial charge is 0.236 e. The van der Waals surface area contributed by atoms with Gasteiger partial charge in [-0.3, -0.25) is 14.5 Å². The number of ketones is 1.